The first-order valence-corrected chi connectivity index (χ1v) is 6.43. The maximum Gasteiger partial charge on any atom is 0.238 e. The number of rotatable bonds is 3. The number of amides is 2. The van der Waals surface area contributed by atoms with Gasteiger partial charge in [0.1, 0.15) is 5.54 Å². The fourth-order valence-corrected chi connectivity index (χ4v) is 2.15. The number of hydrogen-bond acceptors (Lipinski definition) is 4. The van der Waals surface area contributed by atoms with Gasteiger partial charge in [-0.1, -0.05) is 20.8 Å². The molecule has 0 spiro atoms. The fourth-order valence-electron chi connectivity index (χ4n) is 2.15. The molecule has 1 rings (SSSR count). The van der Waals surface area contributed by atoms with E-state index < -0.39 is 11.6 Å². The van der Waals surface area contributed by atoms with Crippen LogP contribution in [0, 0.1) is 16.7 Å². The zero-order valence-electron chi connectivity index (χ0n) is 11.7. The summed E-state index contributed by atoms with van der Waals surface area (Å²) in [5.41, 5.74) is 4.66. The SMILES string of the molecule is CC(C)(C)CC(N)C(=O)NC1(C#N)CCNC(=O)C1. The molecular formula is C13H22N4O2. The third-order valence-corrected chi connectivity index (χ3v) is 3.08. The summed E-state index contributed by atoms with van der Waals surface area (Å²) >= 11 is 0. The Hall–Kier alpha value is -1.61. The first-order chi connectivity index (χ1) is 8.67. The maximum absolute atomic E-state index is 12.0. The Bertz CT molecular complexity index is 408. The summed E-state index contributed by atoms with van der Waals surface area (Å²) in [7, 11) is 0. The van der Waals surface area contributed by atoms with Gasteiger partial charge in [0.15, 0.2) is 0 Å². The number of nitriles is 1. The maximum atomic E-state index is 12.0. The van der Waals surface area contributed by atoms with Gasteiger partial charge < -0.3 is 16.4 Å². The van der Waals surface area contributed by atoms with E-state index in [1.165, 1.54) is 0 Å². The van der Waals surface area contributed by atoms with Gasteiger partial charge >= 0.3 is 0 Å². The first kappa shape index (κ1) is 15.4. The molecule has 0 bridgehead atoms. The number of nitrogens with one attached hydrogen (secondary N) is 2. The van der Waals surface area contributed by atoms with Crippen molar-refractivity contribution in [1.29, 1.82) is 5.26 Å². The normalized spacial score (nSPS) is 25.1. The minimum atomic E-state index is -1.12. The molecule has 1 aliphatic rings. The molecule has 4 N–H and O–H groups in total. The molecule has 1 aliphatic heterocycles. The topological polar surface area (TPSA) is 108 Å². The minimum absolute atomic E-state index is 0.0164. The summed E-state index contributed by atoms with van der Waals surface area (Å²) in [5, 5.41) is 14.5. The fraction of sp³-hybridized carbons (Fsp3) is 0.769. The number of piperidine rings is 1. The van der Waals surface area contributed by atoms with E-state index in [-0.39, 0.29) is 23.7 Å². The highest BCUT2D eigenvalue weighted by Gasteiger charge is 2.38. The van der Waals surface area contributed by atoms with Crippen LogP contribution in [-0.4, -0.2) is 29.9 Å². The molecule has 2 atom stereocenters. The van der Waals surface area contributed by atoms with E-state index in [0.29, 0.717) is 19.4 Å². The molecule has 1 heterocycles. The van der Waals surface area contributed by atoms with Crippen molar-refractivity contribution in [2.24, 2.45) is 11.1 Å². The smallest absolute Gasteiger partial charge is 0.238 e. The Kier molecular flexibility index (Phi) is 4.53. The zero-order valence-corrected chi connectivity index (χ0v) is 11.7. The predicted molar refractivity (Wildman–Crippen MR) is 70.8 cm³/mol. The van der Waals surface area contributed by atoms with Crippen molar-refractivity contribution >= 4 is 11.8 Å². The summed E-state index contributed by atoms with van der Waals surface area (Å²) in [6.07, 6.45) is 0.910. The van der Waals surface area contributed by atoms with Crippen LogP contribution in [0.5, 0.6) is 0 Å². The Morgan fingerprint density at radius 1 is 1.63 bits per heavy atom. The van der Waals surface area contributed by atoms with E-state index >= 15 is 0 Å². The first-order valence-electron chi connectivity index (χ1n) is 6.43. The van der Waals surface area contributed by atoms with Crippen molar-refractivity contribution in [2.45, 2.75) is 51.6 Å². The van der Waals surface area contributed by atoms with E-state index in [2.05, 4.69) is 10.6 Å². The highest BCUT2D eigenvalue weighted by atomic mass is 16.2. The molecule has 0 aromatic carbocycles. The molecule has 0 aliphatic carbocycles. The third kappa shape index (κ3) is 4.52. The van der Waals surface area contributed by atoms with Crippen molar-refractivity contribution in [2.75, 3.05) is 6.54 Å². The van der Waals surface area contributed by atoms with Crippen LogP contribution in [0.4, 0.5) is 0 Å². The van der Waals surface area contributed by atoms with Crippen LogP contribution in [0.15, 0.2) is 0 Å². The standard InChI is InChI=1S/C13H22N4O2/c1-12(2,3)6-9(15)11(19)17-13(8-14)4-5-16-10(18)7-13/h9H,4-7,15H2,1-3H3,(H,16,18)(H,17,19). The predicted octanol–water partition coefficient (Wildman–Crippen LogP) is 0.0385. The molecule has 6 nitrogen and oxygen atoms in total. The van der Waals surface area contributed by atoms with Gasteiger partial charge in [0.2, 0.25) is 11.8 Å². The summed E-state index contributed by atoms with van der Waals surface area (Å²) in [5.74, 6) is -0.594. The van der Waals surface area contributed by atoms with Gasteiger partial charge in [-0.15, -0.1) is 0 Å². The van der Waals surface area contributed by atoms with Crippen LogP contribution in [-0.2, 0) is 9.59 Å². The summed E-state index contributed by atoms with van der Waals surface area (Å²) in [6, 6.07) is 1.38. The molecule has 0 aromatic heterocycles. The second-order valence-electron chi connectivity index (χ2n) is 6.33. The molecule has 1 saturated heterocycles. The lowest BCUT2D eigenvalue weighted by Crippen LogP contribution is -2.58. The van der Waals surface area contributed by atoms with E-state index in [1.54, 1.807) is 0 Å². The highest BCUT2D eigenvalue weighted by molar-refractivity contribution is 5.85. The number of carbonyl (C=O) groups excluding carboxylic acids is 2. The highest BCUT2D eigenvalue weighted by Crippen LogP contribution is 2.22. The number of nitrogens with two attached hydrogens (primary N) is 1. The monoisotopic (exact) mass is 266 g/mol. The molecule has 0 radical (unpaired) electrons. The minimum Gasteiger partial charge on any atom is -0.356 e. The van der Waals surface area contributed by atoms with Gasteiger partial charge in [-0.05, 0) is 11.8 Å². The van der Waals surface area contributed by atoms with Crippen LogP contribution < -0.4 is 16.4 Å². The summed E-state index contributed by atoms with van der Waals surface area (Å²) < 4.78 is 0. The third-order valence-electron chi connectivity index (χ3n) is 3.08. The molecule has 19 heavy (non-hydrogen) atoms. The number of nitrogens with zero attached hydrogens (tertiary/aromatic N) is 1. The lowest BCUT2D eigenvalue weighted by atomic mass is 9.86. The molecule has 0 aromatic rings. The van der Waals surface area contributed by atoms with Crippen LogP contribution in [0.25, 0.3) is 0 Å². The van der Waals surface area contributed by atoms with Crippen molar-refractivity contribution in [3.05, 3.63) is 0 Å². The van der Waals surface area contributed by atoms with Gasteiger partial charge in [-0.25, -0.2) is 0 Å². The lowest BCUT2D eigenvalue weighted by Gasteiger charge is -2.33. The van der Waals surface area contributed by atoms with E-state index in [1.807, 2.05) is 26.8 Å². The van der Waals surface area contributed by atoms with Crippen molar-refractivity contribution in [3.63, 3.8) is 0 Å². The van der Waals surface area contributed by atoms with Gasteiger partial charge in [0.25, 0.3) is 0 Å². The zero-order chi connectivity index (χ0) is 14.7. The molecule has 2 amide bonds. The Balaban J connectivity index is 2.68. The van der Waals surface area contributed by atoms with Crippen LogP contribution in [0.1, 0.15) is 40.0 Å². The Labute approximate surface area is 113 Å². The molecule has 2 unspecified atom stereocenters. The van der Waals surface area contributed by atoms with E-state index in [0.717, 1.165) is 0 Å². The largest absolute Gasteiger partial charge is 0.356 e. The van der Waals surface area contributed by atoms with Gasteiger partial charge in [-0.2, -0.15) is 5.26 Å². The lowest BCUT2D eigenvalue weighted by molar-refractivity contribution is -0.127. The number of carbonyl (C=O) groups is 2. The molecule has 106 valence electrons. The van der Waals surface area contributed by atoms with Crippen LogP contribution in [0.3, 0.4) is 0 Å². The average Bonchev–Trinajstić information content (AvgIpc) is 2.26. The van der Waals surface area contributed by atoms with Gasteiger partial charge in [0, 0.05) is 13.0 Å². The summed E-state index contributed by atoms with van der Waals surface area (Å²) in [4.78, 5) is 23.4. The number of hydrogen-bond donors (Lipinski definition) is 3. The second kappa shape index (κ2) is 5.57. The van der Waals surface area contributed by atoms with Crippen LogP contribution >= 0.6 is 0 Å². The Morgan fingerprint density at radius 3 is 2.74 bits per heavy atom. The average molecular weight is 266 g/mol. The van der Waals surface area contributed by atoms with E-state index in [9.17, 15) is 14.9 Å². The van der Waals surface area contributed by atoms with Crippen molar-refractivity contribution < 1.29 is 9.59 Å². The second-order valence-corrected chi connectivity index (χ2v) is 6.33. The quantitative estimate of drug-likeness (QED) is 0.670. The van der Waals surface area contributed by atoms with Crippen LogP contribution in [0.2, 0.25) is 0 Å². The van der Waals surface area contributed by atoms with Crippen molar-refractivity contribution in [1.82, 2.24) is 10.6 Å². The van der Waals surface area contributed by atoms with Crippen molar-refractivity contribution in [3.8, 4) is 6.07 Å². The molecule has 0 saturated carbocycles. The Morgan fingerprint density at radius 2 is 2.26 bits per heavy atom. The van der Waals surface area contributed by atoms with Gasteiger partial charge in [-0.3, -0.25) is 9.59 Å². The summed E-state index contributed by atoms with van der Waals surface area (Å²) in [6.45, 7) is 6.37. The van der Waals surface area contributed by atoms with E-state index in [4.69, 9.17) is 5.73 Å². The van der Waals surface area contributed by atoms with Gasteiger partial charge in [0.05, 0.1) is 18.5 Å². The molecular weight excluding hydrogens is 244 g/mol. The molecule has 1 fully saturated rings. The molecule has 6 heteroatoms.